The summed E-state index contributed by atoms with van der Waals surface area (Å²) in [4.78, 5) is 0. The van der Waals surface area contributed by atoms with E-state index in [1.54, 1.807) is 6.08 Å². The van der Waals surface area contributed by atoms with Gasteiger partial charge in [-0.25, -0.2) is 0 Å². The van der Waals surface area contributed by atoms with E-state index in [2.05, 4.69) is 13.5 Å². The molecule has 0 bridgehead atoms. The van der Waals surface area contributed by atoms with Gasteiger partial charge in [0, 0.05) is 12.0 Å². The molecule has 0 radical (unpaired) electrons. The number of benzene rings is 1. The minimum Gasteiger partial charge on any atom is -0.489 e. The molecule has 1 aromatic carbocycles. The second-order valence-electron chi connectivity index (χ2n) is 4.29. The first kappa shape index (κ1) is 16.4. The fourth-order valence-electron chi connectivity index (χ4n) is 1.76. The van der Waals surface area contributed by atoms with Gasteiger partial charge < -0.3 is 9.47 Å². The summed E-state index contributed by atoms with van der Waals surface area (Å²) in [6.07, 6.45) is 5.34. The van der Waals surface area contributed by atoms with Crippen molar-refractivity contribution in [2.45, 2.75) is 26.7 Å². The van der Waals surface area contributed by atoms with Gasteiger partial charge >= 0.3 is 0 Å². The van der Waals surface area contributed by atoms with Crippen LogP contribution in [0.2, 0.25) is 0 Å². The first-order valence-electron chi connectivity index (χ1n) is 6.88. The molecule has 0 spiro atoms. The van der Waals surface area contributed by atoms with Crippen LogP contribution in [0.3, 0.4) is 0 Å². The molecule has 0 aromatic heterocycles. The Morgan fingerprint density at radius 2 is 2.05 bits per heavy atom. The van der Waals surface area contributed by atoms with Crippen LogP contribution >= 0.6 is 12.2 Å². The molecule has 0 heterocycles. The van der Waals surface area contributed by atoms with Crippen molar-refractivity contribution >= 4 is 17.3 Å². The maximum absolute atomic E-state index is 5.89. The van der Waals surface area contributed by atoms with E-state index < -0.39 is 0 Å². The Morgan fingerprint density at radius 3 is 2.70 bits per heavy atom. The standard InChI is InChI=1S/C17H22O2S/c1-4-9-14(5-2)13-19-16-11-8-7-10-15(16)12-17(20)18-6-3/h4,7-11H,1,5-6,12-13H2,2-3H3/b14-9+. The van der Waals surface area contributed by atoms with E-state index in [4.69, 9.17) is 21.7 Å². The summed E-state index contributed by atoms with van der Waals surface area (Å²) in [6, 6.07) is 7.93. The molecule has 2 nitrogen and oxygen atoms in total. The van der Waals surface area contributed by atoms with Gasteiger partial charge in [-0.2, -0.15) is 0 Å². The Balaban J connectivity index is 2.72. The van der Waals surface area contributed by atoms with Crippen molar-refractivity contribution in [3.63, 3.8) is 0 Å². The van der Waals surface area contributed by atoms with Crippen LogP contribution in [-0.2, 0) is 11.2 Å². The van der Waals surface area contributed by atoms with Gasteiger partial charge in [0.2, 0.25) is 0 Å². The van der Waals surface area contributed by atoms with Crippen molar-refractivity contribution in [2.75, 3.05) is 13.2 Å². The third-order valence-corrected chi connectivity index (χ3v) is 3.10. The van der Waals surface area contributed by atoms with Crippen molar-refractivity contribution in [3.8, 4) is 5.75 Å². The van der Waals surface area contributed by atoms with Crippen molar-refractivity contribution in [2.24, 2.45) is 0 Å². The highest BCUT2D eigenvalue weighted by Crippen LogP contribution is 2.20. The maximum atomic E-state index is 5.89. The van der Waals surface area contributed by atoms with E-state index in [0.29, 0.717) is 24.7 Å². The van der Waals surface area contributed by atoms with Crippen LogP contribution in [0.5, 0.6) is 5.75 Å². The SMILES string of the molecule is C=C/C=C(\CC)COc1ccccc1CC(=S)OCC. The molecule has 0 N–H and O–H groups in total. The summed E-state index contributed by atoms with van der Waals surface area (Å²) >= 11 is 5.19. The number of hydrogen-bond donors (Lipinski definition) is 0. The summed E-state index contributed by atoms with van der Waals surface area (Å²) < 4.78 is 11.2. The van der Waals surface area contributed by atoms with Crippen molar-refractivity contribution in [1.82, 2.24) is 0 Å². The summed E-state index contributed by atoms with van der Waals surface area (Å²) in [6.45, 7) is 8.93. The van der Waals surface area contributed by atoms with Gasteiger partial charge in [0.05, 0.1) is 6.61 Å². The van der Waals surface area contributed by atoms with Crippen LogP contribution in [0, 0.1) is 0 Å². The molecule has 0 aliphatic heterocycles. The molecule has 1 aromatic rings. The largest absolute Gasteiger partial charge is 0.489 e. The Labute approximate surface area is 127 Å². The van der Waals surface area contributed by atoms with Crippen LogP contribution in [-0.4, -0.2) is 18.3 Å². The first-order chi connectivity index (χ1) is 9.71. The minimum absolute atomic E-state index is 0.570. The zero-order valence-electron chi connectivity index (χ0n) is 12.2. The van der Waals surface area contributed by atoms with Gasteiger partial charge in [0.15, 0.2) is 5.05 Å². The monoisotopic (exact) mass is 290 g/mol. The van der Waals surface area contributed by atoms with Crippen LogP contribution in [0.25, 0.3) is 0 Å². The van der Waals surface area contributed by atoms with Gasteiger partial charge in [-0.15, -0.1) is 0 Å². The highest BCUT2D eigenvalue weighted by molar-refractivity contribution is 7.80. The van der Waals surface area contributed by atoms with E-state index >= 15 is 0 Å². The molecular weight excluding hydrogens is 268 g/mol. The van der Waals surface area contributed by atoms with Crippen LogP contribution in [0.4, 0.5) is 0 Å². The highest BCUT2D eigenvalue weighted by Gasteiger charge is 2.07. The topological polar surface area (TPSA) is 18.5 Å². The molecule has 0 amide bonds. The average Bonchev–Trinajstić information content (AvgIpc) is 2.45. The number of thiocarbonyl (C=S) groups is 1. The molecular formula is C17H22O2S. The third kappa shape index (κ3) is 5.57. The second kappa shape index (κ2) is 9.32. The van der Waals surface area contributed by atoms with E-state index in [1.807, 2.05) is 37.3 Å². The number of allylic oxidation sites excluding steroid dienone is 2. The van der Waals surface area contributed by atoms with E-state index in [1.165, 1.54) is 5.57 Å². The fraction of sp³-hybridized carbons (Fsp3) is 0.353. The van der Waals surface area contributed by atoms with Crippen LogP contribution in [0.1, 0.15) is 25.8 Å². The molecule has 0 fully saturated rings. The van der Waals surface area contributed by atoms with E-state index in [0.717, 1.165) is 17.7 Å². The lowest BCUT2D eigenvalue weighted by atomic mass is 10.1. The number of hydrogen-bond acceptors (Lipinski definition) is 3. The summed E-state index contributed by atoms with van der Waals surface area (Å²) in [5.41, 5.74) is 2.27. The molecule has 0 unspecified atom stereocenters. The first-order valence-corrected chi connectivity index (χ1v) is 7.28. The predicted molar refractivity (Wildman–Crippen MR) is 88.4 cm³/mol. The van der Waals surface area contributed by atoms with Gasteiger partial charge in [-0.05, 0) is 37.2 Å². The second-order valence-corrected chi connectivity index (χ2v) is 4.75. The number of rotatable bonds is 8. The molecule has 1 rings (SSSR count). The zero-order valence-corrected chi connectivity index (χ0v) is 13.0. The Kier molecular flexibility index (Phi) is 7.66. The lowest BCUT2D eigenvalue weighted by molar-refractivity contribution is 0.326. The molecule has 0 saturated carbocycles. The number of ether oxygens (including phenoxy) is 2. The summed E-state index contributed by atoms with van der Waals surface area (Å²) in [5.74, 6) is 0.859. The van der Waals surface area contributed by atoms with Gasteiger partial charge in [0.1, 0.15) is 12.4 Å². The van der Waals surface area contributed by atoms with Gasteiger partial charge in [-0.3, -0.25) is 0 Å². The van der Waals surface area contributed by atoms with Gasteiger partial charge in [0.25, 0.3) is 0 Å². The third-order valence-electron chi connectivity index (χ3n) is 2.83. The lowest BCUT2D eigenvalue weighted by Gasteiger charge is -2.13. The van der Waals surface area contributed by atoms with Crippen LogP contribution < -0.4 is 4.74 Å². The minimum atomic E-state index is 0.570. The average molecular weight is 290 g/mol. The lowest BCUT2D eigenvalue weighted by Crippen LogP contribution is -2.08. The van der Waals surface area contributed by atoms with Crippen LogP contribution in [0.15, 0.2) is 48.6 Å². The van der Waals surface area contributed by atoms with Crippen molar-refractivity contribution in [3.05, 3.63) is 54.1 Å². The summed E-state index contributed by atoms with van der Waals surface area (Å²) in [5, 5.41) is 0.598. The molecule has 3 heteroatoms. The quantitative estimate of drug-likeness (QED) is 0.519. The molecule has 0 saturated heterocycles. The molecule has 108 valence electrons. The highest BCUT2D eigenvalue weighted by atomic mass is 32.1. The Morgan fingerprint density at radius 1 is 1.30 bits per heavy atom. The van der Waals surface area contributed by atoms with Gasteiger partial charge in [-0.1, -0.05) is 43.9 Å². The Hall–Kier alpha value is -1.61. The predicted octanol–water partition coefficient (Wildman–Crippen LogP) is 4.49. The fourth-order valence-corrected chi connectivity index (χ4v) is 2.04. The zero-order chi connectivity index (χ0) is 14.8. The maximum Gasteiger partial charge on any atom is 0.164 e. The normalized spacial score (nSPS) is 11.0. The smallest absolute Gasteiger partial charge is 0.164 e. The van der Waals surface area contributed by atoms with Crippen molar-refractivity contribution < 1.29 is 9.47 Å². The molecule has 0 atom stereocenters. The molecule has 20 heavy (non-hydrogen) atoms. The van der Waals surface area contributed by atoms with E-state index in [-0.39, 0.29) is 0 Å². The molecule has 0 aliphatic rings. The Bertz CT molecular complexity index is 478. The molecule has 0 aliphatic carbocycles. The van der Waals surface area contributed by atoms with Crippen molar-refractivity contribution in [1.29, 1.82) is 0 Å². The number of para-hydroxylation sites is 1. The summed E-state index contributed by atoms with van der Waals surface area (Å²) in [7, 11) is 0. The van der Waals surface area contributed by atoms with E-state index in [9.17, 15) is 0 Å².